The van der Waals surface area contributed by atoms with Gasteiger partial charge in [-0.2, -0.15) is 0 Å². The van der Waals surface area contributed by atoms with Crippen molar-refractivity contribution in [1.29, 1.82) is 0 Å². The average Bonchev–Trinajstić information content (AvgIpc) is 3.03. The van der Waals surface area contributed by atoms with Crippen molar-refractivity contribution in [3.8, 4) is 0 Å². The summed E-state index contributed by atoms with van der Waals surface area (Å²) in [6.07, 6.45) is 0.339. The van der Waals surface area contributed by atoms with Crippen molar-refractivity contribution in [2.45, 2.75) is 12.5 Å². The Morgan fingerprint density at radius 3 is 2.68 bits per heavy atom. The van der Waals surface area contributed by atoms with E-state index in [1.165, 1.54) is 7.11 Å². The Bertz CT molecular complexity index is 907. The van der Waals surface area contributed by atoms with Crippen molar-refractivity contribution >= 4 is 44.9 Å². The van der Waals surface area contributed by atoms with E-state index < -0.39 is 12.0 Å². The lowest BCUT2D eigenvalue weighted by Gasteiger charge is -2.16. The summed E-state index contributed by atoms with van der Waals surface area (Å²) in [5.41, 5.74) is 1.45. The van der Waals surface area contributed by atoms with E-state index in [9.17, 15) is 9.59 Å². The Morgan fingerprint density at radius 1 is 1.20 bits per heavy atom. The lowest BCUT2D eigenvalue weighted by atomic mass is 10.0. The summed E-state index contributed by atoms with van der Waals surface area (Å²) in [7, 11) is 1.31. The molecule has 0 aliphatic heterocycles. The molecule has 0 saturated carbocycles. The van der Waals surface area contributed by atoms with Crippen LogP contribution in [0.5, 0.6) is 0 Å². The Hall–Kier alpha value is -2.37. The minimum Gasteiger partial charge on any atom is -0.467 e. The molecule has 3 aromatic rings. The van der Waals surface area contributed by atoms with Crippen molar-refractivity contribution in [3.63, 3.8) is 0 Å². The number of esters is 1. The predicted molar refractivity (Wildman–Crippen MR) is 100 cm³/mol. The number of hydrogen-bond donors (Lipinski definition) is 1. The Kier molecular flexibility index (Phi) is 5.36. The third kappa shape index (κ3) is 4.00. The van der Waals surface area contributed by atoms with Crippen molar-refractivity contribution < 1.29 is 14.3 Å². The summed E-state index contributed by atoms with van der Waals surface area (Å²) in [5, 5.41) is 6.36. The molecule has 0 aliphatic carbocycles. The van der Waals surface area contributed by atoms with Gasteiger partial charge in [0.2, 0.25) is 0 Å². The molecule has 0 unspecified atom stereocenters. The number of halogens is 1. The molecule has 0 fully saturated rings. The van der Waals surface area contributed by atoms with Crippen molar-refractivity contribution in [3.05, 3.63) is 70.1 Å². The molecule has 128 valence electrons. The molecule has 1 aromatic heterocycles. The quantitative estimate of drug-likeness (QED) is 0.686. The number of ether oxygens (including phenoxy) is 1. The van der Waals surface area contributed by atoms with Gasteiger partial charge in [0.25, 0.3) is 5.91 Å². The lowest BCUT2D eigenvalue weighted by molar-refractivity contribution is -0.142. The number of carbonyl (C=O) groups is 2. The average molecular weight is 374 g/mol. The number of amides is 1. The standard InChI is InChI=1S/C19H16ClNO3S/c1-24-19(23)16(21-18(22)12-5-3-2-4-6-12)9-13-11-25-17-8-7-14(20)10-15(13)17/h2-8,10-11,16H,9H2,1H3,(H,21,22)/t16-/m0/s1. The fraction of sp³-hybridized carbons (Fsp3) is 0.158. The van der Waals surface area contributed by atoms with E-state index in [1.807, 2.05) is 29.6 Å². The number of methoxy groups -OCH3 is 1. The summed E-state index contributed by atoms with van der Waals surface area (Å²) in [6.45, 7) is 0. The maximum absolute atomic E-state index is 12.4. The SMILES string of the molecule is COC(=O)[C@H](Cc1csc2ccc(Cl)cc12)NC(=O)c1ccccc1. The minimum absolute atomic E-state index is 0.312. The van der Waals surface area contributed by atoms with Gasteiger partial charge in [-0.25, -0.2) is 4.79 Å². The van der Waals surface area contributed by atoms with E-state index >= 15 is 0 Å². The molecule has 1 heterocycles. The molecule has 0 aliphatic rings. The number of thiophene rings is 1. The van der Waals surface area contributed by atoms with Gasteiger partial charge in [0, 0.05) is 21.7 Å². The van der Waals surface area contributed by atoms with E-state index in [2.05, 4.69) is 5.32 Å². The summed E-state index contributed by atoms with van der Waals surface area (Å²) in [6, 6.07) is 13.7. The third-order valence-corrected chi connectivity index (χ3v) is 5.11. The first-order valence-electron chi connectivity index (χ1n) is 7.68. The van der Waals surface area contributed by atoms with Gasteiger partial charge in [-0.15, -0.1) is 11.3 Å². The Balaban J connectivity index is 1.84. The highest BCUT2D eigenvalue weighted by atomic mass is 35.5. The highest BCUT2D eigenvalue weighted by Gasteiger charge is 2.24. The van der Waals surface area contributed by atoms with Gasteiger partial charge in [-0.05, 0) is 46.7 Å². The smallest absolute Gasteiger partial charge is 0.328 e. The van der Waals surface area contributed by atoms with Gasteiger partial charge in [0.05, 0.1) is 7.11 Å². The molecule has 3 rings (SSSR count). The molecule has 0 radical (unpaired) electrons. The molecule has 25 heavy (non-hydrogen) atoms. The van der Waals surface area contributed by atoms with Crippen LogP contribution in [0, 0.1) is 0 Å². The second-order valence-corrected chi connectivity index (χ2v) is 6.87. The van der Waals surface area contributed by atoms with E-state index in [0.29, 0.717) is 17.0 Å². The van der Waals surface area contributed by atoms with E-state index in [4.69, 9.17) is 16.3 Å². The number of carbonyl (C=O) groups excluding carboxylic acids is 2. The first kappa shape index (κ1) is 17.5. The van der Waals surface area contributed by atoms with Gasteiger partial charge in [0.15, 0.2) is 0 Å². The van der Waals surface area contributed by atoms with E-state index in [-0.39, 0.29) is 5.91 Å². The lowest BCUT2D eigenvalue weighted by Crippen LogP contribution is -2.43. The number of fused-ring (bicyclic) bond motifs is 1. The summed E-state index contributed by atoms with van der Waals surface area (Å²) in [4.78, 5) is 24.5. The fourth-order valence-corrected chi connectivity index (χ4v) is 3.73. The van der Waals surface area contributed by atoms with Crippen LogP contribution in [0.15, 0.2) is 53.9 Å². The van der Waals surface area contributed by atoms with Crippen LogP contribution >= 0.6 is 22.9 Å². The minimum atomic E-state index is -0.769. The molecule has 0 saturated heterocycles. The maximum atomic E-state index is 12.4. The molecule has 2 aromatic carbocycles. The first-order valence-corrected chi connectivity index (χ1v) is 8.93. The third-order valence-electron chi connectivity index (χ3n) is 3.87. The zero-order valence-corrected chi connectivity index (χ0v) is 15.1. The number of nitrogens with one attached hydrogen (secondary N) is 1. The van der Waals surface area contributed by atoms with Crippen LogP contribution in [0.2, 0.25) is 5.02 Å². The number of rotatable bonds is 5. The highest BCUT2D eigenvalue weighted by Crippen LogP contribution is 2.29. The molecule has 4 nitrogen and oxygen atoms in total. The number of hydrogen-bond acceptors (Lipinski definition) is 4. The normalized spacial score (nSPS) is 11.9. The van der Waals surface area contributed by atoms with Crippen LogP contribution in [-0.4, -0.2) is 25.0 Å². The Labute approximate surface area is 154 Å². The molecular weight excluding hydrogens is 358 g/mol. The summed E-state index contributed by atoms with van der Waals surface area (Å²) >= 11 is 7.66. The van der Waals surface area contributed by atoms with Crippen LogP contribution in [0.3, 0.4) is 0 Å². The van der Waals surface area contributed by atoms with Crippen LogP contribution in [-0.2, 0) is 16.0 Å². The second-order valence-electron chi connectivity index (χ2n) is 5.52. The van der Waals surface area contributed by atoms with Crippen molar-refractivity contribution in [1.82, 2.24) is 5.32 Å². The first-order chi connectivity index (χ1) is 12.1. The van der Waals surface area contributed by atoms with Crippen LogP contribution in [0.1, 0.15) is 15.9 Å². The van der Waals surface area contributed by atoms with Crippen molar-refractivity contribution in [2.24, 2.45) is 0 Å². The Morgan fingerprint density at radius 2 is 1.96 bits per heavy atom. The molecular formula is C19H16ClNO3S. The molecule has 1 N–H and O–H groups in total. The monoisotopic (exact) mass is 373 g/mol. The summed E-state index contributed by atoms with van der Waals surface area (Å²) in [5.74, 6) is -0.792. The maximum Gasteiger partial charge on any atom is 0.328 e. The molecule has 1 atom stereocenters. The van der Waals surface area contributed by atoms with Crippen molar-refractivity contribution in [2.75, 3.05) is 7.11 Å². The zero-order chi connectivity index (χ0) is 17.8. The van der Waals surface area contributed by atoms with Crippen LogP contribution in [0.25, 0.3) is 10.1 Å². The van der Waals surface area contributed by atoms with Crippen LogP contribution in [0.4, 0.5) is 0 Å². The van der Waals surface area contributed by atoms with Gasteiger partial charge < -0.3 is 10.1 Å². The summed E-state index contributed by atoms with van der Waals surface area (Å²) < 4.78 is 5.94. The zero-order valence-electron chi connectivity index (χ0n) is 13.5. The second kappa shape index (κ2) is 7.68. The van der Waals surface area contributed by atoms with Gasteiger partial charge in [-0.3, -0.25) is 4.79 Å². The topological polar surface area (TPSA) is 55.4 Å². The van der Waals surface area contributed by atoms with Gasteiger partial charge in [-0.1, -0.05) is 29.8 Å². The number of benzene rings is 2. The molecule has 6 heteroatoms. The van der Waals surface area contributed by atoms with Crippen LogP contribution < -0.4 is 5.32 Å². The van der Waals surface area contributed by atoms with Gasteiger partial charge >= 0.3 is 5.97 Å². The van der Waals surface area contributed by atoms with Gasteiger partial charge in [0.1, 0.15) is 6.04 Å². The van der Waals surface area contributed by atoms with E-state index in [1.54, 1.807) is 35.6 Å². The van der Waals surface area contributed by atoms with E-state index in [0.717, 1.165) is 15.6 Å². The fourth-order valence-electron chi connectivity index (χ4n) is 2.60. The highest BCUT2D eigenvalue weighted by molar-refractivity contribution is 7.17. The molecule has 0 spiro atoms. The largest absolute Gasteiger partial charge is 0.467 e. The predicted octanol–water partition coefficient (Wildman–Crippen LogP) is 4.07. The molecule has 1 amide bonds. The molecule has 0 bridgehead atoms.